The molecule has 0 atom stereocenters. The van der Waals surface area contributed by atoms with Gasteiger partial charge in [0.15, 0.2) is 0 Å². The van der Waals surface area contributed by atoms with Gasteiger partial charge < -0.3 is 15.4 Å². The number of nitrogen functional groups attached to an aromatic ring is 1. The van der Waals surface area contributed by atoms with Gasteiger partial charge in [0.1, 0.15) is 18.0 Å². The SMILES string of the molecule is CCc1c(N)ncnc1N(C)CCOC. The summed E-state index contributed by atoms with van der Waals surface area (Å²) in [6.07, 6.45) is 2.33. The largest absolute Gasteiger partial charge is 0.383 e. The molecule has 0 aliphatic heterocycles. The van der Waals surface area contributed by atoms with Crippen LogP contribution in [0.5, 0.6) is 0 Å². The van der Waals surface area contributed by atoms with Crippen LogP contribution in [-0.2, 0) is 11.2 Å². The van der Waals surface area contributed by atoms with Gasteiger partial charge in [-0.25, -0.2) is 9.97 Å². The Bertz CT molecular complexity index is 316. The number of ether oxygens (including phenoxy) is 1. The Labute approximate surface area is 90.3 Å². The lowest BCUT2D eigenvalue weighted by molar-refractivity contribution is 0.206. The van der Waals surface area contributed by atoms with E-state index in [4.69, 9.17) is 10.5 Å². The molecule has 5 nitrogen and oxygen atoms in total. The van der Waals surface area contributed by atoms with Crippen molar-refractivity contribution >= 4 is 11.6 Å². The van der Waals surface area contributed by atoms with Crippen LogP contribution in [-0.4, -0.2) is 37.3 Å². The van der Waals surface area contributed by atoms with Gasteiger partial charge in [-0.2, -0.15) is 0 Å². The molecule has 0 aliphatic rings. The van der Waals surface area contributed by atoms with Gasteiger partial charge in [-0.3, -0.25) is 0 Å². The normalized spacial score (nSPS) is 10.3. The van der Waals surface area contributed by atoms with Crippen molar-refractivity contribution < 1.29 is 4.74 Å². The first-order valence-corrected chi connectivity index (χ1v) is 5.00. The second-order valence-corrected chi connectivity index (χ2v) is 3.33. The van der Waals surface area contributed by atoms with Crippen molar-refractivity contribution in [3.8, 4) is 0 Å². The first-order chi connectivity index (χ1) is 7.20. The van der Waals surface area contributed by atoms with Gasteiger partial charge in [-0.15, -0.1) is 0 Å². The summed E-state index contributed by atoms with van der Waals surface area (Å²) in [5.41, 5.74) is 6.79. The summed E-state index contributed by atoms with van der Waals surface area (Å²) in [7, 11) is 3.66. The molecule has 0 aliphatic carbocycles. The molecule has 0 bridgehead atoms. The zero-order valence-corrected chi connectivity index (χ0v) is 9.53. The molecule has 5 heteroatoms. The topological polar surface area (TPSA) is 64.3 Å². The molecular weight excluding hydrogens is 192 g/mol. The Hall–Kier alpha value is -1.36. The van der Waals surface area contributed by atoms with Crippen LogP contribution in [0.2, 0.25) is 0 Å². The summed E-state index contributed by atoms with van der Waals surface area (Å²) >= 11 is 0. The Morgan fingerprint density at radius 3 is 2.80 bits per heavy atom. The first kappa shape index (κ1) is 11.7. The summed E-state index contributed by atoms with van der Waals surface area (Å²) in [6.45, 7) is 3.51. The van der Waals surface area contributed by atoms with Crippen LogP contribution in [0.15, 0.2) is 6.33 Å². The highest BCUT2D eigenvalue weighted by atomic mass is 16.5. The first-order valence-electron chi connectivity index (χ1n) is 5.00. The van der Waals surface area contributed by atoms with E-state index in [1.54, 1.807) is 7.11 Å². The molecule has 1 heterocycles. The third-order valence-corrected chi connectivity index (χ3v) is 2.30. The van der Waals surface area contributed by atoms with Crippen molar-refractivity contribution in [2.45, 2.75) is 13.3 Å². The highest BCUT2D eigenvalue weighted by molar-refractivity contribution is 5.56. The number of rotatable bonds is 5. The van der Waals surface area contributed by atoms with Gasteiger partial charge in [0.2, 0.25) is 0 Å². The smallest absolute Gasteiger partial charge is 0.137 e. The highest BCUT2D eigenvalue weighted by Gasteiger charge is 2.10. The van der Waals surface area contributed by atoms with E-state index >= 15 is 0 Å². The Morgan fingerprint density at radius 2 is 2.20 bits per heavy atom. The molecule has 1 rings (SSSR count). The minimum Gasteiger partial charge on any atom is -0.383 e. The van der Waals surface area contributed by atoms with Gasteiger partial charge in [-0.1, -0.05) is 6.92 Å². The highest BCUT2D eigenvalue weighted by Crippen LogP contribution is 2.20. The maximum absolute atomic E-state index is 5.79. The lowest BCUT2D eigenvalue weighted by Gasteiger charge is -2.20. The molecule has 1 aromatic rings. The van der Waals surface area contributed by atoms with E-state index in [-0.39, 0.29) is 0 Å². The van der Waals surface area contributed by atoms with Crippen LogP contribution < -0.4 is 10.6 Å². The Balaban J connectivity index is 2.87. The van der Waals surface area contributed by atoms with E-state index in [2.05, 4.69) is 9.97 Å². The van der Waals surface area contributed by atoms with Gasteiger partial charge in [-0.05, 0) is 6.42 Å². The van der Waals surface area contributed by atoms with E-state index < -0.39 is 0 Å². The number of likely N-dealkylation sites (N-methyl/N-ethyl adjacent to an activating group) is 1. The fourth-order valence-electron chi connectivity index (χ4n) is 1.42. The van der Waals surface area contributed by atoms with Crippen LogP contribution in [0, 0.1) is 0 Å². The predicted octanol–water partition coefficient (Wildman–Crippen LogP) is 0.704. The van der Waals surface area contributed by atoms with Crippen LogP contribution in [0.3, 0.4) is 0 Å². The van der Waals surface area contributed by atoms with Gasteiger partial charge in [0.05, 0.1) is 6.61 Å². The number of aromatic nitrogens is 2. The molecule has 15 heavy (non-hydrogen) atoms. The molecule has 0 saturated heterocycles. The number of hydrogen-bond acceptors (Lipinski definition) is 5. The third-order valence-electron chi connectivity index (χ3n) is 2.30. The third kappa shape index (κ3) is 2.79. The number of hydrogen-bond donors (Lipinski definition) is 1. The maximum Gasteiger partial charge on any atom is 0.137 e. The second kappa shape index (κ2) is 5.50. The molecule has 0 spiro atoms. The predicted molar refractivity (Wildman–Crippen MR) is 61.0 cm³/mol. The molecule has 84 valence electrons. The average Bonchev–Trinajstić information content (AvgIpc) is 2.25. The molecule has 0 amide bonds. The molecule has 0 fully saturated rings. The number of nitrogens with two attached hydrogens (primary N) is 1. The van der Waals surface area contributed by atoms with Gasteiger partial charge in [0.25, 0.3) is 0 Å². The summed E-state index contributed by atoms with van der Waals surface area (Å²) in [4.78, 5) is 10.3. The van der Waals surface area contributed by atoms with Crippen molar-refractivity contribution in [3.05, 3.63) is 11.9 Å². The average molecular weight is 210 g/mol. The molecule has 1 aromatic heterocycles. The standard InChI is InChI=1S/C10H18N4O/c1-4-8-9(11)12-7-13-10(8)14(2)5-6-15-3/h7H,4-6H2,1-3H3,(H2,11,12,13). The van der Waals surface area contributed by atoms with Crippen LogP contribution in [0.25, 0.3) is 0 Å². The fourth-order valence-corrected chi connectivity index (χ4v) is 1.42. The summed E-state index contributed by atoms with van der Waals surface area (Å²) in [5, 5.41) is 0. The lowest BCUT2D eigenvalue weighted by Crippen LogP contribution is -2.24. The van der Waals surface area contributed by atoms with E-state index in [1.165, 1.54) is 6.33 Å². The summed E-state index contributed by atoms with van der Waals surface area (Å²) in [5.74, 6) is 1.45. The summed E-state index contributed by atoms with van der Waals surface area (Å²) < 4.78 is 5.02. The zero-order valence-electron chi connectivity index (χ0n) is 9.53. The molecule has 2 N–H and O–H groups in total. The van der Waals surface area contributed by atoms with E-state index in [0.29, 0.717) is 12.4 Å². The fraction of sp³-hybridized carbons (Fsp3) is 0.600. The Morgan fingerprint density at radius 1 is 1.47 bits per heavy atom. The van der Waals surface area contributed by atoms with Crippen molar-refractivity contribution in [2.24, 2.45) is 0 Å². The molecule has 0 radical (unpaired) electrons. The van der Waals surface area contributed by atoms with Gasteiger partial charge >= 0.3 is 0 Å². The number of nitrogens with zero attached hydrogens (tertiary/aromatic N) is 3. The second-order valence-electron chi connectivity index (χ2n) is 3.33. The number of anilines is 2. The Kier molecular flexibility index (Phi) is 4.30. The van der Waals surface area contributed by atoms with Crippen molar-refractivity contribution in [3.63, 3.8) is 0 Å². The minimum absolute atomic E-state index is 0.562. The van der Waals surface area contributed by atoms with Crippen molar-refractivity contribution in [2.75, 3.05) is 37.9 Å². The van der Waals surface area contributed by atoms with Crippen molar-refractivity contribution in [1.29, 1.82) is 0 Å². The maximum atomic E-state index is 5.79. The minimum atomic E-state index is 0.562. The zero-order chi connectivity index (χ0) is 11.3. The number of methoxy groups -OCH3 is 1. The molecule has 0 unspecified atom stereocenters. The van der Waals surface area contributed by atoms with Crippen LogP contribution in [0.1, 0.15) is 12.5 Å². The monoisotopic (exact) mass is 210 g/mol. The summed E-state index contributed by atoms with van der Waals surface area (Å²) in [6, 6.07) is 0. The van der Waals surface area contributed by atoms with Crippen LogP contribution >= 0.6 is 0 Å². The van der Waals surface area contributed by atoms with E-state index in [1.807, 2.05) is 18.9 Å². The molecular formula is C10H18N4O. The molecule has 0 aromatic carbocycles. The molecule has 0 saturated carbocycles. The van der Waals surface area contributed by atoms with E-state index in [0.717, 1.165) is 24.3 Å². The quantitative estimate of drug-likeness (QED) is 0.775. The lowest BCUT2D eigenvalue weighted by atomic mass is 10.2. The van der Waals surface area contributed by atoms with Crippen molar-refractivity contribution in [1.82, 2.24) is 9.97 Å². The van der Waals surface area contributed by atoms with Crippen LogP contribution in [0.4, 0.5) is 11.6 Å². The van der Waals surface area contributed by atoms with E-state index in [9.17, 15) is 0 Å². The van der Waals surface area contributed by atoms with Gasteiger partial charge in [0, 0.05) is 26.3 Å².